The molecule has 6 nitrogen and oxygen atoms in total. The molecule has 0 bridgehead atoms. The average Bonchev–Trinajstić information content (AvgIpc) is 3.13. The molecular weight excluding hydrogens is 352 g/mol. The van der Waals surface area contributed by atoms with Gasteiger partial charge in [-0.05, 0) is 60.7 Å². The summed E-state index contributed by atoms with van der Waals surface area (Å²) in [5.74, 6) is -0.120. The van der Waals surface area contributed by atoms with E-state index in [1.807, 2.05) is 62.5 Å². The van der Waals surface area contributed by atoms with E-state index in [4.69, 9.17) is 0 Å². The van der Waals surface area contributed by atoms with Crippen molar-refractivity contribution in [1.29, 1.82) is 0 Å². The minimum Gasteiger partial charge on any atom is -0.361 e. The first-order valence-electron chi connectivity index (χ1n) is 9.45. The van der Waals surface area contributed by atoms with Crippen LogP contribution in [-0.4, -0.2) is 28.4 Å². The first kappa shape index (κ1) is 19.5. The van der Waals surface area contributed by atoms with Crippen molar-refractivity contribution in [3.63, 3.8) is 0 Å². The van der Waals surface area contributed by atoms with E-state index in [1.165, 1.54) is 6.92 Å². The zero-order valence-corrected chi connectivity index (χ0v) is 16.5. The molecule has 0 radical (unpaired) electrons. The van der Waals surface area contributed by atoms with Crippen molar-refractivity contribution in [2.75, 3.05) is 11.9 Å². The van der Waals surface area contributed by atoms with Crippen LogP contribution in [0.5, 0.6) is 0 Å². The van der Waals surface area contributed by atoms with Crippen LogP contribution in [0.2, 0.25) is 0 Å². The molecular formula is C22H26N4O2. The molecule has 3 N–H and O–H groups in total. The Labute approximate surface area is 164 Å². The molecule has 0 aliphatic rings. The second kappa shape index (κ2) is 8.61. The fourth-order valence-corrected chi connectivity index (χ4v) is 3.20. The average molecular weight is 378 g/mol. The molecule has 0 saturated heterocycles. The highest BCUT2D eigenvalue weighted by Crippen LogP contribution is 2.19. The molecule has 0 spiro atoms. The van der Waals surface area contributed by atoms with Gasteiger partial charge in [-0.25, -0.2) is 4.79 Å². The van der Waals surface area contributed by atoms with E-state index in [1.54, 1.807) is 4.90 Å². The maximum Gasteiger partial charge on any atom is 0.318 e. The lowest BCUT2D eigenvalue weighted by Gasteiger charge is -2.24. The van der Waals surface area contributed by atoms with Crippen molar-refractivity contribution in [2.45, 2.75) is 33.4 Å². The number of aromatic amines is 1. The second-order valence-corrected chi connectivity index (χ2v) is 6.89. The molecule has 0 aliphatic carbocycles. The summed E-state index contributed by atoms with van der Waals surface area (Å²) in [5, 5.41) is 6.95. The molecule has 6 heteroatoms. The molecule has 0 aliphatic heterocycles. The molecule has 28 heavy (non-hydrogen) atoms. The number of aromatic nitrogens is 1. The summed E-state index contributed by atoms with van der Waals surface area (Å²) in [6, 6.07) is 15.4. The van der Waals surface area contributed by atoms with Crippen LogP contribution in [0.3, 0.4) is 0 Å². The van der Waals surface area contributed by atoms with E-state index in [-0.39, 0.29) is 18.0 Å². The molecule has 1 aromatic heterocycles. The number of nitrogens with zero attached hydrogens (tertiary/aromatic N) is 1. The number of fused-ring (bicyclic) bond motifs is 1. The molecule has 1 atom stereocenters. The number of anilines is 1. The number of H-pyrrole nitrogens is 1. The number of hydrogen-bond donors (Lipinski definition) is 3. The minimum atomic E-state index is -0.178. The summed E-state index contributed by atoms with van der Waals surface area (Å²) in [6.07, 6.45) is 1.91. The third kappa shape index (κ3) is 4.71. The lowest BCUT2D eigenvalue weighted by molar-refractivity contribution is -0.114. The van der Waals surface area contributed by atoms with E-state index < -0.39 is 0 Å². The van der Waals surface area contributed by atoms with Gasteiger partial charge in [-0.2, -0.15) is 0 Å². The van der Waals surface area contributed by atoms with Crippen LogP contribution in [0.1, 0.15) is 37.9 Å². The highest BCUT2D eigenvalue weighted by Gasteiger charge is 2.16. The monoisotopic (exact) mass is 378 g/mol. The first-order valence-corrected chi connectivity index (χ1v) is 9.45. The number of amides is 3. The lowest BCUT2D eigenvalue weighted by atomic mass is 10.1. The molecule has 0 fully saturated rings. The zero-order valence-electron chi connectivity index (χ0n) is 16.5. The number of carbonyl (C=O) groups excluding carboxylic acids is 2. The zero-order chi connectivity index (χ0) is 20.1. The highest BCUT2D eigenvalue weighted by atomic mass is 16.2. The van der Waals surface area contributed by atoms with Crippen molar-refractivity contribution < 1.29 is 9.59 Å². The number of rotatable bonds is 6. The van der Waals surface area contributed by atoms with Crippen molar-refractivity contribution in [2.24, 2.45) is 0 Å². The number of hydrogen-bond acceptors (Lipinski definition) is 2. The standard InChI is InChI=1S/C22H26N4O2/c1-4-26(14-17-8-9-21-19(12-17)10-11-23-21)22(28)24-15(2)18-6-5-7-20(13-18)25-16(3)27/h5-13,15,23H,4,14H2,1-3H3,(H,24,28)(H,25,27)/t15-/m0/s1. The topological polar surface area (TPSA) is 77.2 Å². The van der Waals surface area contributed by atoms with Crippen molar-refractivity contribution >= 4 is 28.5 Å². The van der Waals surface area contributed by atoms with Crippen LogP contribution in [0, 0.1) is 0 Å². The Morgan fingerprint density at radius 2 is 1.96 bits per heavy atom. The maximum atomic E-state index is 12.8. The quantitative estimate of drug-likeness (QED) is 0.594. The van der Waals surface area contributed by atoms with Crippen LogP contribution >= 0.6 is 0 Å². The van der Waals surface area contributed by atoms with Crippen LogP contribution < -0.4 is 10.6 Å². The molecule has 2 aromatic carbocycles. The van der Waals surface area contributed by atoms with Gasteiger partial charge >= 0.3 is 6.03 Å². The van der Waals surface area contributed by atoms with Gasteiger partial charge in [-0.3, -0.25) is 4.79 Å². The third-order valence-corrected chi connectivity index (χ3v) is 4.71. The summed E-state index contributed by atoms with van der Waals surface area (Å²) in [5.41, 5.74) is 3.83. The second-order valence-electron chi connectivity index (χ2n) is 6.89. The molecule has 146 valence electrons. The van der Waals surface area contributed by atoms with Crippen LogP contribution in [-0.2, 0) is 11.3 Å². The third-order valence-electron chi connectivity index (χ3n) is 4.71. The Hall–Kier alpha value is -3.28. The van der Waals surface area contributed by atoms with Gasteiger partial charge in [-0.1, -0.05) is 18.2 Å². The number of urea groups is 1. The maximum absolute atomic E-state index is 12.8. The molecule has 3 rings (SSSR count). The van der Waals surface area contributed by atoms with Gasteiger partial charge in [-0.15, -0.1) is 0 Å². The smallest absolute Gasteiger partial charge is 0.318 e. The van der Waals surface area contributed by atoms with E-state index in [0.29, 0.717) is 13.1 Å². The van der Waals surface area contributed by atoms with Gasteiger partial charge < -0.3 is 20.5 Å². The Morgan fingerprint density at radius 1 is 1.14 bits per heavy atom. The summed E-state index contributed by atoms with van der Waals surface area (Å²) < 4.78 is 0. The predicted molar refractivity (Wildman–Crippen MR) is 112 cm³/mol. The first-order chi connectivity index (χ1) is 13.5. The van der Waals surface area contributed by atoms with Gasteiger partial charge in [0.15, 0.2) is 0 Å². The number of nitrogens with one attached hydrogen (secondary N) is 3. The Morgan fingerprint density at radius 3 is 2.71 bits per heavy atom. The number of benzene rings is 2. The van der Waals surface area contributed by atoms with E-state index >= 15 is 0 Å². The van der Waals surface area contributed by atoms with Gasteiger partial charge in [0.05, 0.1) is 6.04 Å². The summed E-state index contributed by atoms with van der Waals surface area (Å²) in [4.78, 5) is 29.0. The SMILES string of the molecule is CCN(Cc1ccc2[nH]ccc2c1)C(=O)N[C@@H](C)c1cccc(NC(C)=O)c1. The lowest BCUT2D eigenvalue weighted by Crippen LogP contribution is -2.40. The Kier molecular flexibility index (Phi) is 5.99. The normalized spacial score (nSPS) is 11.8. The largest absolute Gasteiger partial charge is 0.361 e. The van der Waals surface area contributed by atoms with Gasteiger partial charge in [0.1, 0.15) is 0 Å². The van der Waals surface area contributed by atoms with E-state index in [2.05, 4.69) is 21.7 Å². The molecule has 3 aromatic rings. The fourth-order valence-electron chi connectivity index (χ4n) is 3.20. The van der Waals surface area contributed by atoms with Crippen LogP contribution in [0.25, 0.3) is 10.9 Å². The molecule has 3 amide bonds. The van der Waals surface area contributed by atoms with E-state index in [9.17, 15) is 9.59 Å². The molecule has 0 saturated carbocycles. The fraction of sp³-hybridized carbons (Fsp3) is 0.273. The summed E-state index contributed by atoms with van der Waals surface area (Å²) in [6.45, 7) is 6.53. The molecule has 0 unspecified atom stereocenters. The summed E-state index contributed by atoms with van der Waals surface area (Å²) >= 11 is 0. The summed E-state index contributed by atoms with van der Waals surface area (Å²) in [7, 11) is 0. The van der Waals surface area contributed by atoms with Gasteiger partial charge in [0.2, 0.25) is 5.91 Å². The Bertz CT molecular complexity index is 979. The Balaban J connectivity index is 1.66. The van der Waals surface area contributed by atoms with Crippen LogP contribution in [0.15, 0.2) is 54.7 Å². The van der Waals surface area contributed by atoms with E-state index in [0.717, 1.165) is 27.7 Å². The number of carbonyl (C=O) groups is 2. The van der Waals surface area contributed by atoms with Crippen LogP contribution in [0.4, 0.5) is 10.5 Å². The van der Waals surface area contributed by atoms with Gasteiger partial charge in [0.25, 0.3) is 0 Å². The minimum absolute atomic E-state index is 0.117. The van der Waals surface area contributed by atoms with Crippen molar-refractivity contribution in [1.82, 2.24) is 15.2 Å². The predicted octanol–water partition coefficient (Wildman–Crippen LogP) is 4.42. The van der Waals surface area contributed by atoms with Crippen molar-refractivity contribution in [3.05, 3.63) is 65.9 Å². The van der Waals surface area contributed by atoms with Gasteiger partial charge in [0, 0.05) is 37.4 Å². The highest BCUT2D eigenvalue weighted by molar-refractivity contribution is 5.88. The molecule has 1 heterocycles. The van der Waals surface area contributed by atoms with Crippen molar-refractivity contribution in [3.8, 4) is 0 Å².